The summed E-state index contributed by atoms with van der Waals surface area (Å²) < 4.78 is 2.81. The standard InChI is InChI=1S/C17H22BrN3O/c1-11(2)16-20-19-10-21(16)14-7-12(6-13(18)8-14)15(22)9-17(3,4)5/h6-8,10-11H,9H2,1-5H3. The summed E-state index contributed by atoms with van der Waals surface area (Å²) in [6.45, 7) is 10.4. The van der Waals surface area contributed by atoms with Crippen LogP contribution in [0.4, 0.5) is 0 Å². The Hall–Kier alpha value is -1.49. The molecule has 5 heteroatoms. The van der Waals surface area contributed by atoms with Crippen LogP contribution in [0.15, 0.2) is 29.0 Å². The van der Waals surface area contributed by atoms with Crippen molar-refractivity contribution in [3.05, 3.63) is 40.4 Å². The predicted octanol–water partition coefficient (Wildman–Crippen LogP) is 4.77. The van der Waals surface area contributed by atoms with E-state index in [9.17, 15) is 4.79 Å². The minimum absolute atomic E-state index is 0.0286. The maximum absolute atomic E-state index is 12.5. The Labute approximate surface area is 140 Å². The molecule has 0 spiro atoms. The van der Waals surface area contributed by atoms with Gasteiger partial charge >= 0.3 is 0 Å². The van der Waals surface area contributed by atoms with Crippen molar-refractivity contribution in [3.63, 3.8) is 0 Å². The highest BCUT2D eigenvalue weighted by Gasteiger charge is 2.19. The van der Waals surface area contributed by atoms with Gasteiger partial charge in [-0.25, -0.2) is 0 Å². The van der Waals surface area contributed by atoms with Crippen LogP contribution in [0.2, 0.25) is 0 Å². The maximum atomic E-state index is 12.5. The minimum atomic E-state index is -0.0286. The van der Waals surface area contributed by atoms with Crippen molar-refractivity contribution in [3.8, 4) is 5.69 Å². The van der Waals surface area contributed by atoms with E-state index in [0.717, 1.165) is 16.0 Å². The van der Waals surface area contributed by atoms with E-state index >= 15 is 0 Å². The summed E-state index contributed by atoms with van der Waals surface area (Å²) in [5.74, 6) is 1.29. The van der Waals surface area contributed by atoms with Gasteiger partial charge in [0.25, 0.3) is 0 Å². The van der Waals surface area contributed by atoms with Crippen LogP contribution in [0.5, 0.6) is 0 Å². The molecule has 1 heterocycles. The number of benzene rings is 1. The number of hydrogen-bond donors (Lipinski definition) is 0. The van der Waals surface area contributed by atoms with Gasteiger partial charge in [0.15, 0.2) is 5.78 Å². The van der Waals surface area contributed by atoms with Crippen LogP contribution in [0, 0.1) is 5.41 Å². The monoisotopic (exact) mass is 363 g/mol. The van der Waals surface area contributed by atoms with Crippen LogP contribution >= 0.6 is 15.9 Å². The fourth-order valence-electron chi connectivity index (χ4n) is 2.29. The van der Waals surface area contributed by atoms with E-state index in [1.54, 1.807) is 6.33 Å². The van der Waals surface area contributed by atoms with Gasteiger partial charge in [0, 0.05) is 22.4 Å². The smallest absolute Gasteiger partial charge is 0.163 e. The lowest BCUT2D eigenvalue weighted by molar-refractivity contribution is 0.0940. The second-order valence-electron chi connectivity index (χ2n) is 7.07. The quantitative estimate of drug-likeness (QED) is 0.734. The molecule has 0 saturated heterocycles. The lowest BCUT2D eigenvalue weighted by Gasteiger charge is -2.17. The highest BCUT2D eigenvalue weighted by molar-refractivity contribution is 9.10. The third-order valence-corrected chi connectivity index (χ3v) is 3.72. The van der Waals surface area contributed by atoms with Crippen molar-refractivity contribution >= 4 is 21.7 Å². The number of rotatable bonds is 4. The van der Waals surface area contributed by atoms with E-state index in [1.807, 2.05) is 22.8 Å². The molecule has 22 heavy (non-hydrogen) atoms. The van der Waals surface area contributed by atoms with Gasteiger partial charge in [-0.2, -0.15) is 0 Å². The molecule has 0 aliphatic heterocycles. The summed E-state index contributed by atoms with van der Waals surface area (Å²) in [6.07, 6.45) is 2.21. The first kappa shape index (κ1) is 16.9. The molecule has 0 saturated carbocycles. The Balaban J connectivity index is 2.43. The lowest BCUT2D eigenvalue weighted by atomic mass is 9.88. The first-order valence-corrected chi connectivity index (χ1v) is 8.21. The Bertz CT molecular complexity index is 683. The number of ketones is 1. The van der Waals surface area contributed by atoms with Gasteiger partial charge in [-0.1, -0.05) is 50.5 Å². The van der Waals surface area contributed by atoms with E-state index in [2.05, 4.69) is 60.7 Å². The van der Waals surface area contributed by atoms with Crippen LogP contribution in [0.25, 0.3) is 5.69 Å². The third-order valence-electron chi connectivity index (χ3n) is 3.26. The SMILES string of the molecule is CC(C)c1nncn1-c1cc(Br)cc(C(=O)CC(C)(C)C)c1. The highest BCUT2D eigenvalue weighted by atomic mass is 79.9. The predicted molar refractivity (Wildman–Crippen MR) is 91.6 cm³/mol. The molecular weight excluding hydrogens is 342 g/mol. The van der Waals surface area contributed by atoms with Gasteiger partial charge in [0.05, 0.1) is 5.69 Å². The van der Waals surface area contributed by atoms with Gasteiger partial charge in [0.1, 0.15) is 12.2 Å². The Morgan fingerprint density at radius 3 is 2.55 bits per heavy atom. The molecule has 2 rings (SSSR count). The molecule has 0 radical (unpaired) electrons. The number of aromatic nitrogens is 3. The summed E-state index contributed by atoms with van der Waals surface area (Å²) in [5.41, 5.74) is 1.59. The van der Waals surface area contributed by atoms with Crippen molar-refractivity contribution in [2.24, 2.45) is 5.41 Å². The summed E-state index contributed by atoms with van der Waals surface area (Å²) in [6, 6.07) is 5.76. The molecule has 2 aromatic rings. The first-order chi connectivity index (χ1) is 10.2. The topological polar surface area (TPSA) is 47.8 Å². The number of carbonyl (C=O) groups is 1. The molecule has 118 valence electrons. The van der Waals surface area contributed by atoms with Crippen LogP contribution < -0.4 is 0 Å². The molecule has 0 aliphatic rings. The zero-order valence-corrected chi connectivity index (χ0v) is 15.3. The van der Waals surface area contributed by atoms with E-state index in [0.29, 0.717) is 12.0 Å². The van der Waals surface area contributed by atoms with E-state index in [1.165, 1.54) is 0 Å². The van der Waals surface area contributed by atoms with Crippen molar-refractivity contribution in [2.45, 2.75) is 47.0 Å². The molecular formula is C17H22BrN3O. The molecule has 0 atom stereocenters. The molecule has 0 N–H and O–H groups in total. The Kier molecular flexibility index (Phi) is 4.85. The number of Topliss-reactive ketones (excluding diaryl/α,β-unsaturated/α-hetero) is 1. The van der Waals surface area contributed by atoms with Crippen molar-refractivity contribution in [2.75, 3.05) is 0 Å². The van der Waals surface area contributed by atoms with Gasteiger partial charge in [0.2, 0.25) is 0 Å². The fourth-order valence-corrected chi connectivity index (χ4v) is 2.78. The van der Waals surface area contributed by atoms with Crippen LogP contribution in [0.3, 0.4) is 0 Å². The van der Waals surface area contributed by atoms with Crippen molar-refractivity contribution < 1.29 is 4.79 Å². The number of hydrogen-bond acceptors (Lipinski definition) is 3. The summed E-state index contributed by atoms with van der Waals surface area (Å²) in [5, 5.41) is 8.16. The largest absolute Gasteiger partial charge is 0.294 e. The number of halogens is 1. The average molecular weight is 364 g/mol. The molecule has 1 aromatic heterocycles. The normalized spacial score (nSPS) is 12.0. The molecule has 0 amide bonds. The van der Waals surface area contributed by atoms with Gasteiger partial charge in [-0.05, 0) is 23.6 Å². The Morgan fingerprint density at radius 2 is 1.95 bits per heavy atom. The summed E-state index contributed by atoms with van der Waals surface area (Å²) >= 11 is 3.50. The van der Waals surface area contributed by atoms with E-state index in [4.69, 9.17) is 0 Å². The van der Waals surface area contributed by atoms with E-state index in [-0.39, 0.29) is 17.1 Å². The molecule has 0 unspecified atom stereocenters. The number of carbonyl (C=O) groups excluding carboxylic acids is 1. The van der Waals surface area contributed by atoms with Gasteiger partial charge in [-0.15, -0.1) is 10.2 Å². The summed E-state index contributed by atoms with van der Waals surface area (Å²) in [7, 11) is 0. The summed E-state index contributed by atoms with van der Waals surface area (Å²) in [4.78, 5) is 12.5. The van der Waals surface area contributed by atoms with Crippen molar-refractivity contribution in [1.29, 1.82) is 0 Å². The Morgan fingerprint density at radius 1 is 1.27 bits per heavy atom. The lowest BCUT2D eigenvalue weighted by Crippen LogP contribution is -2.13. The maximum Gasteiger partial charge on any atom is 0.163 e. The second-order valence-corrected chi connectivity index (χ2v) is 7.99. The number of nitrogens with zero attached hydrogens (tertiary/aromatic N) is 3. The molecule has 1 aromatic carbocycles. The third kappa shape index (κ3) is 4.03. The second kappa shape index (κ2) is 6.32. The molecule has 4 nitrogen and oxygen atoms in total. The van der Waals surface area contributed by atoms with Crippen LogP contribution in [0.1, 0.15) is 63.1 Å². The van der Waals surface area contributed by atoms with Crippen LogP contribution in [-0.2, 0) is 0 Å². The van der Waals surface area contributed by atoms with Crippen LogP contribution in [-0.4, -0.2) is 20.5 Å². The zero-order valence-electron chi connectivity index (χ0n) is 13.7. The first-order valence-electron chi connectivity index (χ1n) is 7.41. The zero-order chi connectivity index (χ0) is 16.5. The van der Waals surface area contributed by atoms with Gasteiger partial charge in [-0.3, -0.25) is 9.36 Å². The molecule has 0 aliphatic carbocycles. The highest BCUT2D eigenvalue weighted by Crippen LogP contribution is 2.26. The molecule has 0 fully saturated rings. The molecule has 0 bridgehead atoms. The van der Waals surface area contributed by atoms with Gasteiger partial charge < -0.3 is 0 Å². The van der Waals surface area contributed by atoms with Crippen molar-refractivity contribution in [1.82, 2.24) is 14.8 Å². The fraction of sp³-hybridized carbons (Fsp3) is 0.471. The minimum Gasteiger partial charge on any atom is -0.294 e. The van der Waals surface area contributed by atoms with E-state index < -0.39 is 0 Å². The average Bonchev–Trinajstić information content (AvgIpc) is 2.85.